The van der Waals surface area contributed by atoms with Gasteiger partial charge in [0.25, 0.3) is 5.91 Å². The van der Waals surface area contributed by atoms with Gasteiger partial charge >= 0.3 is 0 Å². The standard InChI is InChI=1S/C20H18N2O2/c1-3-6-16-18-15-7-4-5-8-17(15)21-19(18)22(20(16)23)13-9-11-14(24-2)12-10-13/h4-5,7-12H,3,6H2,1-2H3. The quantitative estimate of drug-likeness (QED) is 0.841. The SMILES string of the molecule is CCCC1=C2C(=Nc3ccccc32)N(c2ccc(OC)cc2)C1=O. The number of hydrogen-bond acceptors (Lipinski definition) is 3. The van der Waals surface area contributed by atoms with Gasteiger partial charge in [0.1, 0.15) is 11.6 Å². The number of amides is 1. The Labute approximate surface area is 141 Å². The van der Waals surface area contributed by atoms with E-state index in [1.165, 1.54) is 0 Å². The Balaban J connectivity index is 1.84. The van der Waals surface area contributed by atoms with Crippen LogP contribution in [0, 0.1) is 0 Å². The molecule has 0 radical (unpaired) electrons. The van der Waals surface area contributed by atoms with Gasteiger partial charge in [0, 0.05) is 16.7 Å². The Hall–Kier alpha value is -2.88. The summed E-state index contributed by atoms with van der Waals surface area (Å²) < 4.78 is 5.21. The minimum atomic E-state index is 0.0327. The van der Waals surface area contributed by atoms with E-state index in [1.807, 2.05) is 48.5 Å². The van der Waals surface area contributed by atoms with E-state index in [2.05, 4.69) is 6.92 Å². The molecule has 0 aliphatic carbocycles. The van der Waals surface area contributed by atoms with Crippen LogP contribution in [0.2, 0.25) is 0 Å². The van der Waals surface area contributed by atoms with E-state index in [9.17, 15) is 4.79 Å². The van der Waals surface area contributed by atoms with Crippen molar-refractivity contribution in [3.8, 4) is 5.75 Å². The van der Waals surface area contributed by atoms with Crippen LogP contribution in [0.3, 0.4) is 0 Å². The molecule has 0 fully saturated rings. The monoisotopic (exact) mass is 318 g/mol. The largest absolute Gasteiger partial charge is 0.497 e. The van der Waals surface area contributed by atoms with Gasteiger partial charge in [-0.15, -0.1) is 0 Å². The van der Waals surface area contributed by atoms with Gasteiger partial charge in [0.15, 0.2) is 0 Å². The fraction of sp³-hybridized carbons (Fsp3) is 0.200. The Kier molecular flexibility index (Phi) is 3.45. The average Bonchev–Trinajstić information content (AvgIpc) is 3.10. The van der Waals surface area contributed by atoms with Gasteiger partial charge in [-0.2, -0.15) is 0 Å². The predicted molar refractivity (Wildman–Crippen MR) is 95.8 cm³/mol. The van der Waals surface area contributed by atoms with E-state index >= 15 is 0 Å². The van der Waals surface area contributed by atoms with Gasteiger partial charge in [0.2, 0.25) is 0 Å². The summed E-state index contributed by atoms with van der Waals surface area (Å²) in [7, 11) is 1.63. The summed E-state index contributed by atoms with van der Waals surface area (Å²) in [5.74, 6) is 1.55. The molecule has 4 rings (SSSR count). The third-order valence-corrected chi connectivity index (χ3v) is 4.43. The lowest BCUT2D eigenvalue weighted by molar-refractivity contribution is -0.114. The Bertz CT molecular complexity index is 879. The predicted octanol–water partition coefficient (Wildman–Crippen LogP) is 4.34. The zero-order chi connectivity index (χ0) is 16.7. The molecule has 0 atom stereocenters. The van der Waals surface area contributed by atoms with Crippen LogP contribution in [0.5, 0.6) is 5.75 Å². The normalized spacial score (nSPS) is 15.5. The van der Waals surface area contributed by atoms with Crippen molar-refractivity contribution in [2.24, 2.45) is 4.99 Å². The molecule has 0 N–H and O–H groups in total. The van der Waals surface area contributed by atoms with Crippen LogP contribution in [-0.2, 0) is 4.79 Å². The van der Waals surface area contributed by atoms with Crippen LogP contribution in [0.15, 0.2) is 59.1 Å². The number of para-hydroxylation sites is 1. The number of methoxy groups -OCH3 is 1. The molecule has 2 aromatic rings. The summed E-state index contributed by atoms with van der Waals surface area (Å²) in [6, 6.07) is 15.5. The molecule has 0 aromatic heterocycles. The van der Waals surface area contributed by atoms with E-state index in [4.69, 9.17) is 9.73 Å². The fourth-order valence-electron chi connectivity index (χ4n) is 3.32. The minimum absolute atomic E-state index is 0.0327. The first-order valence-corrected chi connectivity index (χ1v) is 8.14. The Morgan fingerprint density at radius 1 is 1.08 bits per heavy atom. The summed E-state index contributed by atoms with van der Waals surface area (Å²) >= 11 is 0. The molecule has 120 valence electrons. The van der Waals surface area contributed by atoms with Crippen molar-refractivity contribution in [1.82, 2.24) is 0 Å². The molecule has 2 aliphatic heterocycles. The molecule has 1 amide bonds. The van der Waals surface area contributed by atoms with Crippen molar-refractivity contribution in [2.45, 2.75) is 19.8 Å². The van der Waals surface area contributed by atoms with Crippen LogP contribution in [0.4, 0.5) is 11.4 Å². The highest BCUT2D eigenvalue weighted by Gasteiger charge is 2.40. The first-order valence-electron chi connectivity index (χ1n) is 8.14. The summed E-state index contributed by atoms with van der Waals surface area (Å²) in [5, 5.41) is 0. The molecule has 4 nitrogen and oxygen atoms in total. The van der Waals surface area contributed by atoms with Gasteiger partial charge in [-0.3, -0.25) is 9.69 Å². The van der Waals surface area contributed by atoms with E-state index in [-0.39, 0.29) is 5.91 Å². The van der Waals surface area contributed by atoms with Crippen molar-refractivity contribution in [1.29, 1.82) is 0 Å². The third-order valence-electron chi connectivity index (χ3n) is 4.43. The van der Waals surface area contributed by atoms with Crippen LogP contribution in [0.1, 0.15) is 25.3 Å². The van der Waals surface area contributed by atoms with Crippen LogP contribution in [-0.4, -0.2) is 18.9 Å². The smallest absolute Gasteiger partial charge is 0.260 e. The number of fused-ring (bicyclic) bond motifs is 3. The van der Waals surface area contributed by atoms with Gasteiger partial charge < -0.3 is 4.74 Å². The number of anilines is 1. The molecular formula is C20H18N2O2. The number of hydrogen-bond donors (Lipinski definition) is 0. The lowest BCUT2D eigenvalue weighted by Gasteiger charge is -2.17. The Morgan fingerprint density at radius 2 is 1.83 bits per heavy atom. The zero-order valence-electron chi connectivity index (χ0n) is 13.7. The Morgan fingerprint density at radius 3 is 2.54 bits per heavy atom. The first-order chi connectivity index (χ1) is 11.7. The van der Waals surface area contributed by atoms with Gasteiger partial charge in [-0.05, 0) is 36.8 Å². The van der Waals surface area contributed by atoms with Gasteiger partial charge in [-0.1, -0.05) is 31.5 Å². The zero-order valence-corrected chi connectivity index (χ0v) is 13.7. The van der Waals surface area contributed by atoms with Gasteiger partial charge in [0.05, 0.1) is 18.5 Å². The summed E-state index contributed by atoms with van der Waals surface area (Å²) in [5.41, 5.74) is 4.66. The summed E-state index contributed by atoms with van der Waals surface area (Å²) in [4.78, 5) is 19.5. The lowest BCUT2D eigenvalue weighted by Crippen LogP contribution is -2.31. The minimum Gasteiger partial charge on any atom is -0.497 e. The van der Waals surface area contributed by atoms with Crippen LogP contribution in [0.25, 0.3) is 5.57 Å². The number of aliphatic imine (C=N–C) groups is 1. The number of carbonyl (C=O) groups excluding carboxylic acids is 1. The molecule has 24 heavy (non-hydrogen) atoms. The third kappa shape index (κ3) is 2.07. The fourth-order valence-corrected chi connectivity index (χ4v) is 3.32. The first kappa shape index (κ1) is 14.7. The molecule has 0 bridgehead atoms. The van der Waals surface area contributed by atoms with Crippen LogP contribution >= 0.6 is 0 Å². The maximum absolute atomic E-state index is 13.0. The number of rotatable bonds is 4. The maximum atomic E-state index is 13.0. The number of nitrogens with zero attached hydrogens (tertiary/aromatic N) is 2. The van der Waals surface area contributed by atoms with Crippen molar-refractivity contribution in [3.63, 3.8) is 0 Å². The van der Waals surface area contributed by atoms with Crippen molar-refractivity contribution >= 4 is 28.7 Å². The topological polar surface area (TPSA) is 41.9 Å². The second kappa shape index (κ2) is 5.64. The molecular weight excluding hydrogens is 300 g/mol. The molecule has 0 saturated heterocycles. The number of amidine groups is 1. The van der Waals surface area contributed by atoms with E-state index in [1.54, 1.807) is 12.0 Å². The van der Waals surface area contributed by atoms with Crippen molar-refractivity contribution < 1.29 is 9.53 Å². The number of carbonyl (C=O) groups is 1. The number of ether oxygens (including phenoxy) is 1. The molecule has 4 heteroatoms. The lowest BCUT2D eigenvalue weighted by atomic mass is 9.99. The maximum Gasteiger partial charge on any atom is 0.260 e. The summed E-state index contributed by atoms with van der Waals surface area (Å²) in [6.45, 7) is 2.09. The molecule has 0 spiro atoms. The van der Waals surface area contributed by atoms with Gasteiger partial charge in [-0.25, -0.2) is 4.99 Å². The van der Waals surface area contributed by atoms with E-state index in [0.717, 1.165) is 52.5 Å². The highest BCUT2D eigenvalue weighted by atomic mass is 16.5. The van der Waals surface area contributed by atoms with E-state index in [0.29, 0.717) is 0 Å². The average molecular weight is 318 g/mol. The van der Waals surface area contributed by atoms with Crippen LogP contribution < -0.4 is 9.64 Å². The second-order valence-corrected chi connectivity index (χ2v) is 5.89. The summed E-state index contributed by atoms with van der Waals surface area (Å²) in [6.07, 6.45) is 1.69. The molecule has 0 unspecified atom stereocenters. The second-order valence-electron chi connectivity index (χ2n) is 5.89. The molecule has 0 saturated carbocycles. The molecule has 2 aliphatic rings. The highest BCUT2D eigenvalue weighted by Crippen LogP contribution is 2.44. The highest BCUT2D eigenvalue weighted by molar-refractivity contribution is 6.49. The van der Waals surface area contributed by atoms with Crippen molar-refractivity contribution in [2.75, 3.05) is 12.0 Å². The number of benzene rings is 2. The van der Waals surface area contributed by atoms with E-state index < -0.39 is 0 Å². The molecule has 2 aromatic carbocycles. The molecule has 2 heterocycles. The van der Waals surface area contributed by atoms with Crippen molar-refractivity contribution in [3.05, 3.63) is 59.7 Å².